The predicted octanol–water partition coefficient (Wildman–Crippen LogP) is 1.63. The number of nitrogens with two attached hydrogens (primary N) is 1. The fourth-order valence-corrected chi connectivity index (χ4v) is 2.39. The van der Waals surface area contributed by atoms with E-state index in [0.717, 1.165) is 37.5 Å². The topological polar surface area (TPSA) is 67.6 Å². The molecule has 2 rings (SSSR count). The van der Waals surface area contributed by atoms with Gasteiger partial charge in [0.15, 0.2) is 0 Å². The number of amides is 1. The molecule has 1 atom stereocenters. The van der Waals surface area contributed by atoms with E-state index in [1.165, 1.54) is 0 Å². The number of aryl methyl sites for hydroxylation is 1. The molecule has 1 unspecified atom stereocenters. The standard InChI is InChI=1S/C15H23N3O2/c1-11-9-13(16)3-4-14(11)17-15(19)5-6-18-7-8-20-12(2)10-18/h3-4,9,12H,5-8,10,16H2,1-2H3,(H,17,19). The summed E-state index contributed by atoms with van der Waals surface area (Å²) in [5.74, 6) is 0.0389. The van der Waals surface area contributed by atoms with Crippen molar-refractivity contribution in [2.24, 2.45) is 0 Å². The zero-order valence-corrected chi connectivity index (χ0v) is 12.2. The monoisotopic (exact) mass is 277 g/mol. The van der Waals surface area contributed by atoms with Crippen molar-refractivity contribution >= 4 is 17.3 Å². The lowest BCUT2D eigenvalue weighted by atomic mass is 10.1. The van der Waals surface area contributed by atoms with Gasteiger partial charge in [0, 0.05) is 37.4 Å². The Kier molecular flexibility index (Phi) is 4.98. The molecular formula is C15H23N3O2. The molecule has 1 aromatic rings. The Morgan fingerprint density at radius 1 is 1.55 bits per heavy atom. The van der Waals surface area contributed by atoms with Crippen LogP contribution in [0.25, 0.3) is 0 Å². The Morgan fingerprint density at radius 2 is 2.35 bits per heavy atom. The number of nitrogen functional groups attached to an aromatic ring is 1. The number of carbonyl (C=O) groups is 1. The first kappa shape index (κ1) is 14.8. The van der Waals surface area contributed by atoms with E-state index in [4.69, 9.17) is 10.5 Å². The van der Waals surface area contributed by atoms with Gasteiger partial charge in [-0.3, -0.25) is 9.69 Å². The molecule has 1 amide bonds. The largest absolute Gasteiger partial charge is 0.399 e. The average Bonchev–Trinajstić information content (AvgIpc) is 2.40. The molecule has 0 aliphatic carbocycles. The van der Waals surface area contributed by atoms with E-state index in [0.29, 0.717) is 12.1 Å². The van der Waals surface area contributed by atoms with Crippen molar-refractivity contribution in [3.05, 3.63) is 23.8 Å². The van der Waals surface area contributed by atoms with Gasteiger partial charge in [-0.05, 0) is 37.6 Å². The van der Waals surface area contributed by atoms with Gasteiger partial charge in [-0.15, -0.1) is 0 Å². The highest BCUT2D eigenvalue weighted by molar-refractivity contribution is 5.91. The highest BCUT2D eigenvalue weighted by Gasteiger charge is 2.17. The van der Waals surface area contributed by atoms with Gasteiger partial charge in [-0.25, -0.2) is 0 Å². The van der Waals surface area contributed by atoms with E-state index in [9.17, 15) is 4.79 Å². The number of ether oxygens (including phenoxy) is 1. The number of nitrogens with one attached hydrogen (secondary N) is 1. The third kappa shape index (κ3) is 4.21. The lowest BCUT2D eigenvalue weighted by molar-refractivity contribution is -0.117. The van der Waals surface area contributed by atoms with E-state index in [1.807, 2.05) is 19.1 Å². The molecule has 1 heterocycles. The molecule has 20 heavy (non-hydrogen) atoms. The van der Waals surface area contributed by atoms with Gasteiger partial charge >= 0.3 is 0 Å². The second kappa shape index (κ2) is 6.72. The van der Waals surface area contributed by atoms with Crippen LogP contribution in [0.1, 0.15) is 18.9 Å². The summed E-state index contributed by atoms with van der Waals surface area (Å²) in [5.41, 5.74) is 8.22. The summed E-state index contributed by atoms with van der Waals surface area (Å²) >= 11 is 0. The van der Waals surface area contributed by atoms with E-state index in [1.54, 1.807) is 6.07 Å². The fourth-order valence-electron chi connectivity index (χ4n) is 2.39. The van der Waals surface area contributed by atoms with Crippen molar-refractivity contribution in [3.8, 4) is 0 Å². The number of morpholine rings is 1. The smallest absolute Gasteiger partial charge is 0.225 e. The van der Waals surface area contributed by atoms with E-state index in [2.05, 4.69) is 17.1 Å². The summed E-state index contributed by atoms with van der Waals surface area (Å²) in [6.45, 7) is 7.32. The first-order valence-electron chi connectivity index (χ1n) is 7.04. The first-order valence-corrected chi connectivity index (χ1v) is 7.04. The molecule has 0 spiro atoms. The van der Waals surface area contributed by atoms with Crippen LogP contribution >= 0.6 is 0 Å². The van der Waals surface area contributed by atoms with Crippen LogP contribution in [0.2, 0.25) is 0 Å². The van der Waals surface area contributed by atoms with Crippen LogP contribution in [0.4, 0.5) is 11.4 Å². The highest BCUT2D eigenvalue weighted by atomic mass is 16.5. The maximum Gasteiger partial charge on any atom is 0.225 e. The predicted molar refractivity (Wildman–Crippen MR) is 80.7 cm³/mol. The van der Waals surface area contributed by atoms with E-state index < -0.39 is 0 Å². The Hall–Kier alpha value is -1.59. The highest BCUT2D eigenvalue weighted by Crippen LogP contribution is 2.17. The number of hydrogen-bond donors (Lipinski definition) is 2. The van der Waals surface area contributed by atoms with Gasteiger partial charge in [-0.2, -0.15) is 0 Å². The van der Waals surface area contributed by atoms with Crippen LogP contribution < -0.4 is 11.1 Å². The van der Waals surface area contributed by atoms with Gasteiger partial charge in [0.2, 0.25) is 5.91 Å². The van der Waals surface area contributed by atoms with E-state index >= 15 is 0 Å². The zero-order valence-electron chi connectivity index (χ0n) is 12.2. The van der Waals surface area contributed by atoms with Gasteiger partial charge < -0.3 is 15.8 Å². The molecule has 0 saturated carbocycles. The van der Waals surface area contributed by atoms with Crippen molar-refractivity contribution in [2.45, 2.75) is 26.4 Å². The molecule has 1 aliphatic rings. The summed E-state index contributed by atoms with van der Waals surface area (Å²) in [7, 11) is 0. The molecular weight excluding hydrogens is 254 g/mol. The lowest BCUT2D eigenvalue weighted by Crippen LogP contribution is -2.42. The third-order valence-corrected chi connectivity index (χ3v) is 3.50. The molecule has 3 N–H and O–H groups in total. The van der Waals surface area contributed by atoms with Crippen LogP contribution in [0.5, 0.6) is 0 Å². The van der Waals surface area contributed by atoms with Gasteiger partial charge in [0.05, 0.1) is 12.7 Å². The number of nitrogens with zero attached hydrogens (tertiary/aromatic N) is 1. The normalized spacial score (nSPS) is 19.8. The summed E-state index contributed by atoms with van der Waals surface area (Å²) in [5, 5.41) is 2.94. The maximum absolute atomic E-state index is 12.0. The molecule has 0 radical (unpaired) electrons. The fraction of sp³-hybridized carbons (Fsp3) is 0.533. The number of benzene rings is 1. The zero-order chi connectivity index (χ0) is 14.5. The molecule has 1 fully saturated rings. The average molecular weight is 277 g/mol. The Balaban J connectivity index is 1.80. The minimum Gasteiger partial charge on any atom is -0.399 e. The number of rotatable bonds is 4. The van der Waals surface area contributed by atoms with E-state index in [-0.39, 0.29) is 12.0 Å². The van der Waals surface area contributed by atoms with Crippen molar-refractivity contribution in [1.82, 2.24) is 4.90 Å². The van der Waals surface area contributed by atoms with Crippen LogP contribution in [0, 0.1) is 6.92 Å². The quantitative estimate of drug-likeness (QED) is 0.821. The maximum atomic E-state index is 12.0. The second-order valence-corrected chi connectivity index (χ2v) is 5.35. The Bertz CT molecular complexity index is 476. The second-order valence-electron chi connectivity index (χ2n) is 5.35. The van der Waals surface area contributed by atoms with Crippen LogP contribution in [-0.2, 0) is 9.53 Å². The Morgan fingerprint density at radius 3 is 3.05 bits per heavy atom. The molecule has 5 nitrogen and oxygen atoms in total. The summed E-state index contributed by atoms with van der Waals surface area (Å²) in [6, 6.07) is 5.50. The number of hydrogen-bond acceptors (Lipinski definition) is 4. The first-order chi connectivity index (χ1) is 9.54. The van der Waals surface area contributed by atoms with Crippen molar-refractivity contribution in [2.75, 3.05) is 37.3 Å². The van der Waals surface area contributed by atoms with Crippen molar-refractivity contribution in [3.63, 3.8) is 0 Å². The van der Waals surface area contributed by atoms with Crippen LogP contribution in [0.3, 0.4) is 0 Å². The number of carbonyl (C=O) groups excluding carboxylic acids is 1. The van der Waals surface area contributed by atoms with Crippen LogP contribution in [-0.4, -0.2) is 43.2 Å². The van der Waals surface area contributed by atoms with Crippen LogP contribution in [0.15, 0.2) is 18.2 Å². The van der Waals surface area contributed by atoms with Gasteiger partial charge in [0.25, 0.3) is 0 Å². The van der Waals surface area contributed by atoms with Gasteiger partial charge in [0.1, 0.15) is 0 Å². The summed E-state index contributed by atoms with van der Waals surface area (Å²) < 4.78 is 5.48. The SMILES string of the molecule is Cc1cc(N)ccc1NC(=O)CCN1CCOC(C)C1. The summed E-state index contributed by atoms with van der Waals surface area (Å²) in [4.78, 5) is 14.2. The van der Waals surface area contributed by atoms with Crippen molar-refractivity contribution in [1.29, 1.82) is 0 Å². The third-order valence-electron chi connectivity index (χ3n) is 3.50. The molecule has 110 valence electrons. The molecule has 1 saturated heterocycles. The molecule has 1 aliphatic heterocycles. The minimum absolute atomic E-state index is 0.0389. The lowest BCUT2D eigenvalue weighted by Gasteiger charge is -2.30. The van der Waals surface area contributed by atoms with Crippen molar-refractivity contribution < 1.29 is 9.53 Å². The van der Waals surface area contributed by atoms with Gasteiger partial charge in [-0.1, -0.05) is 0 Å². The molecule has 0 aromatic heterocycles. The molecule has 0 bridgehead atoms. The summed E-state index contributed by atoms with van der Waals surface area (Å²) in [6.07, 6.45) is 0.752. The molecule has 5 heteroatoms. The Labute approximate surface area is 120 Å². The molecule has 1 aromatic carbocycles. The minimum atomic E-state index is 0.0389. The number of anilines is 2.